The van der Waals surface area contributed by atoms with Crippen molar-refractivity contribution in [2.24, 2.45) is 0 Å². The van der Waals surface area contributed by atoms with Crippen LogP contribution in [0.25, 0.3) is 10.6 Å². The lowest BCUT2D eigenvalue weighted by atomic mass is 10.0. The molecule has 0 saturated heterocycles. The number of hydrogen-bond acceptors (Lipinski definition) is 4. The van der Waals surface area contributed by atoms with Crippen LogP contribution in [0, 0.1) is 0 Å². The van der Waals surface area contributed by atoms with Crippen molar-refractivity contribution in [3.8, 4) is 17.2 Å². The summed E-state index contributed by atoms with van der Waals surface area (Å²) in [5.41, 5.74) is 3.72. The molecule has 1 aliphatic rings. The van der Waals surface area contributed by atoms with E-state index >= 15 is 0 Å². The van der Waals surface area contributed by atoms with Crippen molar-refractivity contribution < 1.29 is 19.0 Å². The first-order chi connectivity index (χ1) is 15.1. The lowest BCUT2D eigenvalue weighted by Gasteiger charge is -2.17. The molecule has 31 heavy (non-hydrogen) atoms. The predicted molar refractivity (Wildman–Crippen MR) is 123 cm³/mol. The molecular weight excluding hydrogens is 414 g/mol. The zero-order chi connectivity index (χ0) is 22.0. The Bertz CT molecular complexity index is 1130. The maximum atomic E-state index is 13.5. The van der Waals surface area contributed by atoms with E-state index in [0.717, 1.165) is 16.8 Å². The van der Waals surface area contributed by atoms with Gasteiger partial charge in [-0.05, 0) is 23.8 Å². The number of carbonyl (C=O) groups excluding carboxylic acids is 1. The first-order valence-electron chi connectivity index (χ1n) is 9.74. The van der Waals surface area contributed by atoms with E-state index in [9.17, 15) is 4.79 Å². The van der Waals surface area contributed by atoms with E-state index in [1.807, 2.05) is 54.6 Å². The van der Waals surface area contributed by atoms with Crippen molar-refractivity contribution in [2.75, 3.05) is 26.2 Å². The van der Waals surface area contributed by atoms with E-state index < -0.39 is 0 Å². The van der Waals surface area contributed by atoms with Crippen molar-refractivity contribution >= 4 is 33.8 Å². The number of para-hydroxylation sites is 1. The summed E-state index contributed by atoms with van der Waals surface area (Å²) in [5, 5.41) is 0.326. The molecular formula is C25H22ClNO4. The van der Waals surface area contributed by atoms with Crippen molar-refractivity contribution in [3.63, 3.8) is 0 Å². The lowest BCUT2D eigenvalue weighted by molar-refractivity contribution is -0.113. The van der Waals surface area contributed by atoms with Gasteiger partial charge in [0.15, 0.2) is 11.5 Å². The number of methoxy groups -OCH3 is 3. The fourth-order valence-electron chi connectivity index (χ4n) is 3.77. The normalized spacial score (nSPS) is 14.3. The second kappa shape index (κ2) is 8.74. The van der Waals surface area contributed by atoms with E-state index in [1.165, 1.54) is 7.11 Å². The summed E-state index contributed by atoms with van der Waals surface area (Å²) < 4.78 is 16.3. The highest BCUT2D eigenvalue weighted by molar-refractivity contribution is 6.59. The number of benzene rings is 3. The van der Waals surface area contributed by atoms with Crippen molar-refractivity contribution in [3.05, 3.63) is 83.4 Å². The standard InChI is InChI=1S/C25H22ClNO4/c1-29-20-13-17(14-21(30-2)24(20)31-3)23(26)22-18-11-7-8-12-19(18)27(25(22)28)15-16-9-5-4-6-10-16/h4-14H,15H2,1-3H3/b23-22-. The maximum Gasteiger partial charge on any atom is 0.260 e. The van der Waals surface area contributed by atoms with Gasteiger partial charge in [0.05, 0.1) is 44.2 Å². The van der Waals surface area contributed by atoms with Crippen LogP contribution in [0.3, 0.4) is 0 Å². The van der Waals surface area contributed by atoms with Gasteiger partial charge in [-0.15, -0.1) is 0 Å². The molecule has 3 aromatic rings. The predicted octanol–water partition coefficient (Wildman–Crippen LogP) is 5.37. The first-order valence-corrected chi connectivity index (χ1v) is 10.1. The Kier molecular flexibility index (Phi) is 5.87. The van der Waals surface area contributed by atoms with E-state index in [1.54, 1.807) is 31.3 Å². The number of rotatable bonds is 6. The highest BCUT2D eigenvalue weighted by atomic mass is 35.5. The minimum Gasteiger partial charge on any atom is -0.493 e. The van der Waals surface area contributed by atoms with E-state index in [2.05, 4.69) is 0 Å². The summed E-state index contributed by atoms with van der Waals surface area (Å²) in [7, 11) is 4.62. The second-order valence-electron chi connectivity index (χ2n) is 7.00. The zero-order valence-electron chi connectivity index (χ0n) is 17.5. The molecule has 0 aromatic heterocycles. The Labute approximate surface area is 186 Å². The molecule has 0 aliphatic carbocycles. The monoisotopic (exact) mass is 435 g/mol. The largest absolute Gasteiger partial charge is 0.493 e. The van der Waals surface area contributed by atoms with E-state index in [-0.39, 0.29) is 5.91 Å². The minimum atomic E-state index is -0.149. The van der Waals surface area contributed by atoms with Crippen molar-refractivity contribution in [1.29, 1.82) is 0 Å². The van der Waals surface area contributed by atoms with Crippen LogP contribution in [0.15, 0.2) is 66.7 Å². The fraction of sp³-hybridized carbons (Fsp3) is 0.160. The Morgan fingerprint density at radius 3 is 2.10 bits per heavy atom. The van der Waals surface area contributed by atoms with Crippen LogP contribution < -0.4 is 19.1 Å². The van der Waals surface area contributed by atoms with Crippen molar-refractivity contribution in [2.45, 2.75) is 6.54 Å². The highest BCUT2D eigenvalue weighted by Crippen LogP contribution is 2.46. The van der Waals surface area contributed by atoms with Crippen LogP contribution in [-0.2, 0) is 11.3 Å². The van der Waals surface area contributed by atoms with Crippen LogP contribution in [0.1, 0.15) is 16.7 Å². The topological polar surface area (TPSA) is 48.0 Å². The molecule has 0 fully saturated rings. The molecule has 3 aromatic carbocycles. The molecule has 6 heteroatoms. The highest BCUT2D eigenvalue weighted by Gasteiger charge is 2.34. The molecule has 158 valence electrons. The van der Waals surface area contributed by atoms with Gasteiger partial charge in [0.1, 0.15) is 0 Å². The molecule has 0 N–H and O–H groups in total. The summed E-state index contributed by atoms with van der Waals surface area (Å²) in [5.74, 6) is 1.25. The number of ether oxygens (including phenoxy) is 3. The summed E-state index contributed by atoms with van der Waals surface area (Å²) in [6, 6.07) is 21.0. The third kappa shape index (κ3) is 3.73. The molecule has 1 amide bonds. The van der Waals surface area contributed by atoms with Gasteiger partial charge >= 0.3 is 0 Å². The van der Waals surface area contributed by atoms with Gasteiger partial charge < -0.3 is 19.1 Å². The SMILES string of the molecule is COc1cc(/C(Cl)=C2/C(=O)N(Cc3ccccc3)c3ccccc32)cc(OC)c1OC. The Morgan fingerprint density at radius 2 is 1.48 bits per heavy atom. The molecule has 0 radical (unpaired) electrons. The minimum absolute atomic E-state index is 0.149. The molecule has 0 saturated carbocycles. The average Bonchev–Trinajstić information content (AvgIpc) is 3.09. The van der Waals surface area contributed by atoms with E-state index in [4.69, 9.17) is 25.8 Å². The molecule has 0 unspecified atom stereocenters. The number of nitrogens with zero attached hydrogens (tertiary/aromatic N) is 1. The number of carbonyl (C=O) groups is 1. The molecule has 0 atom stereocenters. The molecule has 0 spiro atoms. The number of anilines is 1. The van der Waals surface area contributed by atoms with Crippen LogP contribution >= 0.6 is 11.6 Å². The smallest absolute Gasteiger partial charge is 0.260 e. The van der Waals surface area contributed by atoms with Crippen LogP contribution in [0.2, 0.25) is 0 Å². The van der Waals surface area contributed by atoms with Gasteiger partial charge in [-0.25, -0.2) is 0 Å². The fourth-order valence-corrected chi connectivity index (χ4v) is 4.06. The summed E-state index contributed by atoms with van der Waals surface area (Å²) in [6.07, 6.45) is 0. The third-order valence-corrected chi connectivity index (χ3v) is 5.65. The average molecular weight is 436 g/mol. The second-order valence-corrected chi connectivity index (χ2v) is 7.38. The quantitative estimate of drug-likeness (QED) is 0.488. The van der Waals surface area contributed by atoms with Crippen LogP contribution in [-0.4, -0.2) is 27.2 Å². The van der Waals surface area contributed by atoms with Gasteiger partial charge in [-0.1, -0.05) is 60.1 Å². The Hall–Kier alpha value is -3.44. The molecule has 1 heterocycles. The first kappa shape index (κ1) is 20.8. The number of amides is 1. The molecule has 1 aliphatic heterocycles. The van der Waals surface area contributed by atoms with Crippen LogP contribution in [0.5, 0.6) is 17.2 Å². The maximum absolute atomic E-state index is 13.5. The zero-order valence-corrected chi connectivity index (χ0v) is 18.3. The van der Waals surface area contributed by atoms with E-state index in [0.29, 0.717) is 40.0 Å². The van der Waals surface area contributed by atoms with Gasteiger partial charge in [-0.2, -0.15) is 0 Å². The van der Waals surface area contributed by atoms with Crippen molar-refractivity contribution in [1.82, 2.24) is 0 Å². The Morgan fingerprint density at radius 1 is 0.871 bits per heavy atom. The molecule has 0 bridgehead atoms. The molecule has 4 rings (SSSR count). The summed E-state index contributed by atoms with van der Waals surface area (Å²) in [6.45, 7) is 0.458. The number of halogens is 1. The summed E-state index contributed by atoms with van der Waals surface area (Å²) in [4.78, 5) is 15.3. The number of hydrogen-bond donors (Lipinski definition) is 0. The van der Waals surface area contributed by atoms with Gasteiger partial charge in [0, 0.05) is 11.1 Å². The lowest BCUT2D eigenvalue weighted by Crippen LogP contribution is -2.25. The van der Waals surface area contributed by atoms with Gasteiger partial charge in [-0.3, -0.25) is 4.79 Å². The van der Waals surface area contributed by atoms with Crippen LogP contribution in [0.4, 0.5) is 5.69 Å². The molecule has 5 nitrogen and oxygen atoms in total. The number of fused-ring (bicyclic) bond motifs is 1. The Balaban J connectivity index is 1.84. The summed E-state index contributed by atoms with van der Waals surface area (Å²) >= 11 is 6.84. The van der Waals surface area contributed by atoms with Gasteiger partial charge in [0.2, 0.25) is 5.75 Å². The van der Waals surface area contributed by atoms with Gasteiger partial charge in [0.25, 0.3) is 5.91 Å². The third-order valence-electron chi connectivity index (χ3n) is 5.24.